The smallest absolute Gasteiger partial charge is 0.326 e. The Morgan fingerprint density at radius 3 is 1.40 bits per heavy atom. The van der Waals surface area contributed by atoms with E-state index >= 15 is 0 Å². The average Bonchev–Trinajstić information content (AvgIpc) is 4.11. The molecule has 84 heavy (non-hydrogen) atoms. The molecule has 8 amide bonds. The summed E-state index contributed by atoms with van der Waals surface area (Å²) in [7, 11) is 0. The molecule has 0 bridgehead atoms. The highest BCUT2D eigenvalue weighted by molar-refractivity contribution is 5.97. The van der Waals surface area contributed by atoms with E-state index in [-0.39, 0.29) is 68.1 Å². The summed E-state index contributed by atoms with van der Waals surface area (Å²) >= 11 is 0. The standard InChI is InChI=1S/C62H95N9O13/c1-8-40(6)54(59(79)71-55(41(7)72)60(80)67-47(33-39(4)5)57(77)69-50(62(83)84)35-43-37-64-45-29-25-24-28-44(43)45)70-53(75)31-23-18-16-14-12-10-9-11-13-15-17-22-30-52(74)65-46(32-38(2)3)56(76)66-48(36-51(63)73)58(78)68-49(61(81)82)34-42-26-20-19-21-27-42/h19-21,24-29,37-41,46-50,54-55,64,72H,8-18,22-23,30-36H2,1-7H3,(H2,63,73)(H,65,74)(H,66,76)(H,67,80)(H,68,78)(H,69,77)(H,70,75)(H,71,79)(H,81,82)(H,83,84)/t40?,41?,46-,47-,48-,49-,50-,54-,55-/m0/s1. The summed E-state index contributed by atoms with van der Waals surface area (Å²) in [6.45, 7) is 12.4. The summed E-state index contributed by atoms with van der Waals surface area (Å²) in [5.74, 6) is -8.32. The zero-order valence-electron chi connectivity index (χ0n) is 50.3. The number of para-hydroxylation sites is 1. The van der Waals surface area contributed by atoms with E-state index in [4.69, 9.17) is 5.73 Å². The molecule has 0 saturated carbocycles. The number of hydrogen-bond acceptors (Lipinski definition) is 11. The van der Waals surface area contributed by atoms with Crippen molar-refractivity contribution in [3.05, 3.63) is 71.9 Å². The van der Waals surface area contributed by atoms with E-state index in [1.807, 2.05) is 58.9 Å². The van der Waals surface area contributed by atoms with Gasteiger partial charge in [0.15, 0.2) is 0 Å². The normalized spacial score (nSPS) is 14.6. The van der Waals surface area contributed by atoms with E-state index in [2.05, 4.69) is 42.2 Å². The molecule has 0 aliphatic rings. The minimum atomic E-state index is -1.49. The number of carboxylic acid groups (broad SMARTS) is 2. The molecule has 22 heteroatoms. The van der Waals surface area contributed by atoms with Gasteiger partial charge in [-0.3, -0.25) is 38.4 Å². The molecule has 2 unspecified atom stereocenters. The van der Waals surface area contributed by atoms with Crippen molar-refractivity contribution in [2.75, 3.05) is 0 Å². The first-order valence-corrected chi connectivity index (χ1v) is 30.0. The van der Waals surface area contributed by atoms with Crippen LogP contribution in [0, 0.1) is 17.8 Å². The van der Waals surface area contributed by atoms with Crippen LogP contribution in [0.25, 0.3) is 10.9 Å². The van der Waals surface area contributed by atoms with Gasteiger partial charge in [0, 0.05) is 42.8 Å². The molecule has 466 valence electrons. The molecule has 3 aromatic rings. The van der Waals surface area contributed by atoms with E-state index in [9.17, 15) is 63.3 Å². The number of aromatic amines is 1. The summed E-state index contributed by atoms with van der Waals surface area (Å²) in [6.07, 6.45) is 12.1. The number of rotatable bonds is 42. The van der Waals surface area contributed by atoms with Crippen LogP contribution < -0.4 is 43.0 Å². The Kier molecular flexibility index (Phi) is 31.9. The van der Waals surface area contributed by atoms with Crippen molar-refractivity contribution in [3.63, 3.8) is 0 Å². The molecule has 0 spiro atoms. The third-order valence-corrected chi connectivity index (χ3v) is 14.8. The molecule has 1 heterocycles. The van der Waals surface area contributed by atoms with Crippen LogP contribution in [0.3, 0.4) is 0 Å². The fourth-order valence-corrected chi connectivity index (χ4v) is 9.87. The topological polar surface area (TPSA) is 357 Å². The van der Waals surface area contributed by atoms with E-state index in [0.29, 0.717) is 30.4 Å². The van der Waals surface area contributed by atoms with Crippen molar-refractivity contribution in [1.29, 1.82) is 0 Å². The van der Waals surface area contributed by atoms with Crippen LogP contribution in [-0.2, 0) is 60.8 Å². The minimum Gasteiger partial charge on any atom is -0.480 e. The predicted molar refractivity (Wildman–Crippen MR) is 319 cm³/mol. The van der Waals surface area contributed by atoms with Gasteiger partial charge in [0.1, 0.15) is 42.3 Å². The number of fused-ring (bicyclic) bond motifs is 1. The van der Waals surface area contributed by atoms with Gasteiger partial charge in [-0.2, -0.15) is 0 Å². The number of carbonyl (C=O) groups is 10. The fraction of sp³-hybridized carbons (Fsp3) is 0.613. The van der Waals surface area contributed by atoms with Crippen molar-refractivity contribution in [3.8, 4) is 0 Å². The second kappa shape index (κ2) is 37.8. The van der Waals surface area contributed by atoms with Crippen LogP contribution in [0.5, 0.6) is 0 Å². The Morgan fingerprint density at radius 1 is 0.488 bits per heavy atom. The van der Waals surface area contributed by atoms with Crippen molar-refractivity contribution >= 4 is 70.1 Å². The maximum atomic E-state index is 13.8. The van der Waals surface area contributed by atoms with Crippen LogP contribution >= 0.6 is 0 Å². The van der Waals surface area contributed by atoms with Crippen LogP contribution in [0.4, 0.5) is 0 Å². The molecule has 0 radical (unpaired) electrons. The van der Waals surface area contributed by atoms with Crippen LogP contribution in [0.15, 0.2) is 60.8 Å². The van der Waals surface area contributed by atoms with E-state index < -0.39 is 102 Å². The average molecular weight is 1170 g/mol. The van der Waals surface area contributed by atoms with Crippen molar-refractivity contribution in [1.82, 2.24) is 42.2 Å². The first-order valence-electron chi connectivity index (χ1n) is 30.0. The number of carbonyl (C=O) groups excluding carboxylic acids is 8. The minimum absolute atomic E-state index is 0.0125. The second-order valence-electron chi connectivity index (χ2n) is 23.1. The Bertz CT molecular complexity index is 2590. The van der Waals surface area contributed by atoms with Gasteiger partial charge in [0.25, 0.3) is 0 Å². The number of amides is 8. The number of aliphatic hydroxyl groups is 1. The third-order valence-electron chi connectivity index (χ3n) is 14.8. The van der Waals surface area contributed by atoms with Gasteiger partial charge in [-0.05, 0) is 67.6 Å². The van der Waals surface area contributed by atoms with Gasteiger partial charge in [0.05, 0.1) is 12.5 Å². The molecule has 3 rings (SSSR count). The Balaban J connectivity index is 1.35. The number of hydrogen-bond donors (Lipinski definition) is 12. The van der Waals surface area contributed by atoms with Crippen molar-refractivity contribution in [2.45, 2.75) is 225 Å². The largest absolute Gasteiger partial charge is 0.480 e. The molecule has 0 aliphatic heterocycles. The number of H-pyrrole nitrogens is 1. The Morgan fingerprint density at radius 2 is 0.917 bits per heavy atom. The number of benzene rings is 2. The number of aliphatic hydroxyl groups excluding tert-OH is 1. The lowest BCUT2D eigenvalue weighted by Gasteiger charge is -2.29. The van der Waals surface area contributed by atoms with E-state index in [0.717, 1.165) is 75.1 Å². The van der Waals surface area contributed by atoms with Crippen LogP contribution in [0.1, 0.15) is 175 Å². The van der Waals surface area contributed by atoms with Gasteiger partial charge >= 0.3 is 11.9 Å². The number of carboxylic acids is 2. The molecular weight excluding hydrogens is 1080 g/mol. The number of unbranched alkanes of at least 4 members (excludes halogenated alkanes) is 11. The number of nitrogens with one attached hydrogen (secondary N) is 8. The molecular formula is C62H95N9O13. The second-order valence-corrected chi connectivity index (χ2v) is 23.1. The van der Waals surface area contributed by atoms with E-state index in [1.165, 1.54) is 6.92 Å². The SMILES string of the molecule is CCC(C)[C@H](NC(=O)CCCCCCCCCCCCCCC(=O)N[C@@H](CC(C)C)C(=O)N[C@@H](CC(N)=O)C(=O)N[C@@H](Cc1ccccc1)C(=O)O)C(=O)N[C@H](C(=O)N[C@@H](CC(C)C)C(=O)N[C@@H](Cc1c[nH]c2ccccc12)C(=O)O)C(C)O. The summed E-state index contributed by atoms with van der Waals surface area (Å²) < 4.78 is 0. The molecule has 0 saturated heterocycles. The lowest BCUT2D eigenvalue weighted by atomic mass is 9.97. The summed E-state index contributed by atoms with van der Waals surface area (Å²) in [4.78, 5) is 133. The van der Waals surface area contributed by atoms with Gasteiger partial charge < -0.3 is 63.3 Å². The van der Waals surface area contributed by atoms with E-state index in [1.54, 1.807) is 43.5 Å². The quantitative estimate of drug-likeness (QED) is 0.0318. The number of aromatic nitrogens is 1. The summed E-state index contributed by atoms with van der Waals surface area (Å²) in [5.41, 5.74) is 7.56. The van der Waals surface area contributed by atoms with Gasteiger partial charge in [-0.15, -0.1) is 0 Å². The molecule has 13 N–H and O–H groups in total. The highest BCUT2D eigenvalue weighted by Gasteiger charge is 2.36. The molecule has 9 atom stereocenters. The predicted octanol–water partition coefficient (Wildman–Crippen LogP) is 5.37. The fourth-order valence-electron chi connectivity index (χ4n) is 9.87. The third kappa shape index (κ3) is 26.5. The van der Waals surface area contributed by atoms with Gasteiger partial charge in [-0.1, -0.05) is 161 Å². The Hall–Kier alpha value is -7.36. The molecule has 0 aliphatic carbocycles. The molecule has 22 nitrogen and oxygen atoms in total. The maximum absolute atomic E-state index is 13.8. The number of primary amides is 1. The first kappa shape index (κ1) is 70.9. The van der Waals surface area contributed by atoms with Crippen LogP contribution in [0.2, 0.25) is 0 Å². The highest BCUT2D eigenvalue weighted by Crippen LogP contribution is 2.20. The number of aliphatic carboxylic acids is 2. The van der Waals surface area contributed by atoms with Gasteiger partial charge in [0.2, 0.25) is 47.3 Å². The summed E-state index contributed by atoms with van der Waals surface area (Å²) in [5, 5.41) is 49.7. The molecule has 2 aromatic carbocycles. The van der Waals surface area contributed by atoms with Crippen LogP contribution in [-0.4, -0.2) is 128 Å². The van der Waals surface area contributed by atoms with Crippen molar-refractivity contribution in [2.24, 2.45) is 23.5 Å². The highest BCUT2D eigenvalue weighted by atomic mass is 16.4. The zero-order valence-corrected chi connectivity index (χ0v) is 50.3. The Labute approximate surface area is 494 Å². The molecule has 0 fully saturated rings. The number of nitrogens with two attached hydrogens (primary N) is 1. The molecule has 1 aromatic heterocycles. The zero-order chi connectivity index (χ0) is 62.3. The monoisotopic (exact) mass is 1170 g/mol. The van der Waals surface area contributed by atoms with Crippen molar-refractivity contribution < 1.29 is 63.3 Å². The lowest BCUT2D eigenvalue weighted by Crippen LogP contribution is -2.61. The first-order chi connectivity index (χ1) is 39.9. The maximum Gasteiger partial charge on any atom is 0.326 e. The lowest BCUT2D eigenvalue weighted by molar-refractivity contribution is -0.143. The summed E-state index contributed by atoms with van der Waals surface area (Å²) in [6, 6.07) is 7.27. The van der Waals surface area contributed by atoms with Gasteiger partial charge in [-0.25, -0.2) is 9.59 Å².